The summed E-state index contributed by atoms with van der Waals surface area (Å²) in [5.74, 6) is 0.465. The van der Waals surface area contributed by atoms with Crippen LogP contribution in [-0.2, 0) is 4.74 Å². The number of ether oxygens (including phenoxy) is 2. The number of anilines is 1. The summed E-state index contributed by atoms with van der Waals surface area (Å²) in [6.45, 7) is 6.30. The second kappa shape index (κ2) is 8.37. The molecule has 0 fully saturated rings. The summed E-state index contributed by atoms with van der Waals surface area (Å²) in [5, 5.41) is 2.82. The Hall–Kier alpha value is -1.75. The van der Waals surface area contributed by atoms with Gasteiger partial charge in [-0.05, 0) is 32.4 Å². The number of amides is 1. The van der Waals surface area contributed by atoms with Crippen LogP contribution in [0.1, 0.15) is 30.6 Å². The van der Waals surface area contributed by atoms with Crippen molar-refractivity contribution in [3.63, 3.8) is 0 Å². The number of nitrogens with two attached hydrogens (primary N) is 1. The smallest absolute Gasteiger partial charge is 0.251 e. The minimum absolute atomic E-state index is 0.148. The van der Waals surface area contributed by atoms with Crippen LogP contribution in [-0.4, -0.2) is 32.3 Å². The van der Waals surface area contributed by atoms with Crippen LogP contribution in [0.15, 0.2) is 18.2 Å². The summed E-state index contributed by atoms with van der Waals surface area (Å²) in [6.07, 6.45) is 0.792. The lowest BCUT2D eigenvalue weighted by Gasteiger charge is -2.09. The van der Waals surface area contributed by atoms with Crippen molar-refractivity contribution in [2.75, 3.05) is 32.1 Å². The monoisotopic (exact) mass is 266 g/mol. The molecule has 0 aliphatic heterocycles. The maximum absolute atomic E-state index is 11.9. The molecule has 1 aromatic carbocycles. The Morgan fingerprint density at radius 3 is 2.74 bits per heavy atom. The van der Waals surface area contributed by atoms with E-state index in [0.29, 0.717) is 43.4 Å². The fourth-order valence-corrected chi connectivity index (χ4v) is 1.63. The van der Waals surface area contributed by atoms with Crippen molar-refractivity contribution in [2.24, 2.45) is 0 Å². The van der Waals surface area contributed by atoms with E-state index < -0.39 is 0 Å². The SMILES string of the molecule is CCOCCCNC(=O)c1cc(N)cc(OCC)c1. The molecule has 1 rings (SSSR count). The summed E-state index contributed by atoms with van der Waals surface area (Å²) >= 11 is 0. The van der Waals surface area contributed by atoms with Crippen molar-refractivity contribution in [3.8, 4) is 5.75 Å². The summed E-state index contributed by atoms with van der Waals surface area (Å²) in [6, 6.07) is 5.04. The topological polar surface area (TPSA) is 73.6 Å². The van der Waals surface area contributed by atoms with Gasteiger partial charge in [0.15, 0.2) is 0 Å². The Balaban J connectivity index is 2.51. The maximum atomic E-state index is 11.9. The molecule has 1 aromatic rings. The molecule has 0 bridgehead atoms. The summed E-state index contributed by atoms with van der Waals surface area (Å²) in [7, 11) is 0. The first-order chi connectivity index (χ1) is 9.17. The molecule has 0 saturated carbocycles. The quantitative estimate of drug-likeness (QED) is 0.556. The molecule has 0 spiro atoms. The third kappa shape index (κ3) is 5.61. The number of hydrogen-bond acceptors (Lipinski definition) is 4. The second-order valence-corrected chi connectivity index (χ2v) is 4.03. The summed E-state index contributed by atoms with van der Waals surface area (Å²) in [4.78, 5) is 11.9. The van der Waals surface area contributed by atoms with Crippen molar-refractivity contribution >= 4 is 11.6 Å². The molecule has 0 saturated heterocycles. The maximum Gasteiger partial charge on any atom is 0.251 e. The average Bonchev–Trinajstić information content (AvgIpc) is 2.38. The van der Waals surface area contributed by atoms with E-state index in [-0.39, 0.29) is 5.91 Å². The highest BCUT2D eigenvalue weighted by Crippen LogP contribution is 2.18. The highest BCUT2D eigenvalue weighted by atomic mass is 16.5. The van der Waals surface area contributed by atoms with E-state index in [1.54, 1.807) is 18.2 Å². The molecule has 3 N–H and O–H groups in total. The highest BCUT2D eigenvalue weighted by molar-refractivity contribution is 5.95. The van der Waals surface area contributed by atoms with Gasteiger partial charge >= 0.3 is 0 Å². The fourth-order valence-electron chi connectivity index (χ4n) is 1.63. The van der Waals surface area contributed by atoms with Gasteiger partial charge in [0.05, 0.1) is 6.61 Å². The molecule has 19 heavy (non-hydrogen) atoms. The number of rotatable bonds is 8. The molecule has 0 heterocycles. The highest BCUT2D eigenvalue weighted by Gasteiger charge is 2.08. The zero-order valence-corrected chi connectivity index (χ0v) is 11.6. The Labute approximate surface area is 114 Å². The van der Waals surface area contributed by atoms with Crippen molar-refractivity contribution in [1.29, 1.82) is 0 Å². The number of carbonyl (C=O) groups is 1. The first kappa shape index (κ1) is 15.3. The summed E-state index contributed by atoms with van der Waals surface area (Å²) in [5.41, 5.74) is 6.77. The third-order valence-corrected chi connectivity index (χ3v) is 2.46. The average molecular weight is 266 g/mol. The molecule has 0 atom stereocenters. The molecule has 0 aromatic heterocycles. The first-order valence-corrected chi connectivity index (χ1v) is 6.56. The Bertz CT molecular complexity index is 408. The molecule has 5 nitrogen and oxygen atoms in total. The van der Waals surface area contributed by atoms with Gasteiger partial charge in [-0.3, -0.25) is 4.79 Å². The Morgan fingerprint density at radius 2 is 2.05 bits per heavy atom. The molecule has 0 aliphatic carbocycles. The van der Waals surface area contributed by atoms with Crippen LogP contribution in [0.4, 0.5) is 5.69 Å². The Kier molecular flexibility index (Phi) is 6.74. The first-order valence-electron chi connectivity index (χ1n) is 6.56. The van der Waals surface area contributed by atoms with Crippen LogP contribution in [0.2, 0.25) is 0 Å². The second-order valence-electron chi connectivity index (χ2n) is 4.03. The van der Waals surface area contributed by atoms with E-state index >= 15 is 0 Å². The number of nitrogen functional groups attached to an aromatic ring is 1. The van der Waals surface area contributed by atoms with Crippen LogP contribution >= 0.6 is 0 Å². The van der Waals surface area contributed by atoms with Gasteiger partial charge in [0.2, 0.25) is 0 Å². The lowest BCUT2D eigenvalue weighted by Crippen LogP contribution is -2.25. The van der Waals surface area contributed by atoms with Crippen LogP contribution in [0, 0.1) is 0 Å². The molecule has 0 aliphatic rings. The molecular formula is C14H22N2O3. The zero-order valence-electron chi connectivity index (χ0n) is 11.6. The van der Waals surface area contributed by atoms with E-state index in [0.717, 1.165) is 6.42 Å². The minimum atomic E-state index is -0.148. The predicted molar refractivity (Wildman–Crippen MR) is 75.5 cm³/mol. The van der Waals surface area contributed by atoms with Crippen molar-refractivity contribution in [1.82, 2.24) is 5.32 Å². The van der Waals surface area contributed by atoms with E-state index in [4.69, 9.17) is 15.2 Å². The van der Waals surface area contributed by atoms with E-state index in [1.807, 2.05) is 13.8 Å². The normalized spacial score (nSPS) is 10.2. The standard InChI is InChI=1S/C14H22N2O3/c1-3-18-7-5-6-16-14(17)11-8-12(15)10-13(9-11)19-4-2/h8-10H,3-7,15H2,1-2H3,(H,16,17). The van der Waals surface area contributed by atoms with Crippen molar-refractivity contribution in [2.45, 2.75) is 20.3 Å². The fraction of sp³-hybridized carbons (Fsp3) is 0.500. The van der Waals surface area contributed by atoms with Gasteiger partial charge in [0.1, 0.15) is 5.75 Å². The van der Waals surface area contributed by atoms with Crippen molar-refractivity contribution in [3.05, 3.63) is 23.8 Å². The van der Waals surface area contributed by atoms with Gasteiger partial charge in [0, 0.05) is 37.1 Å². The van der Waals surface area contributed by atoms with E-state index in [2.05, 4.69) is 5.32 Å². The van der Waals surface area contributed by atoms with Gasteiger partial charge < -0.3 is 20.5 Å². The van der Waals surface area contributed by atoms with Crippen molar-refractivity contribution < 1.29 is 14.3 Å². The van der Waals surface area contributed by atoms with Crippen LogP contribution < -0.4 is 15.8 Å². The lowest BCUT2D eigenvalue weighted by atomic mass is 10.1. The van der Waals surface area contributed by atoms with Crippen LogP contribution in [0.25, 0.3) is 0 Å². The van der Waals surface area contributed by atoms with Crippen LogP contribution in [0.5, 0.6) is 5.75 Å². The van der Waals surface area contributed by atoms with Crippen LogP contribution in [0.3, 0.4) is 0 Å². The number of nitrogens with one attached hydrogen (secondary N) is 1. The molecule has 106 valence electrons. The summed E-state index contributed by atoms with van der Waals surface area (Å²) < 4.78 is 10.6. The molecular weight excluding hydrogens is 244 g/mol. The van der Waals surface area contributed by atoms with E-state index in [9.17, 15) is 4.79 Å². The third-order valence-electron chi connectivity index (χ3n) is 2.46. The van der Waals surface area contributed by atoms with Gasteiger partial charge in [-0.1, -0.05) is 0 Å². The van der Waals surface area contributed by atoms with Gasteiger partial charge in [-0.25, -0.2) is 0 Å². The predicted octanol–water partition coefficient (Wildman–Crippen LogP) is 1.82. The Morgan fingerprint density at radius 1 is 1.26 bits per heavy atom. The van der Waals surface area contributed by atoms with Gasteiger partial charge in [0.25, 0.3) is 5.91 Å². The minimum Gasteiger partial charge on any atom is -0.494 e. The van der Waals surface area contributed by atoms with Gasteiger partial charge in [-0.15, -0.1) is 0 Å². The number of carbonyl (C=O) groups excluding carboxylic acids is 1. The molecule has 1 amide bonds. The largest absolute Gasteiger partial charge is 0.494 e. The van der Waals surface area contributed by atoms with Gasteiger partial charge in [-0.2, -0.15) is 0 Å². The molecule has 0 radical (unpaired) electrons. The molecule has 5 heteroatoms. The lowest BCUT2D eigenvalue weighted by molar-refractivity contribution is 0.0944. The van der Waals surface area contributed by atoms with E-state index in [1.165, 1.54) is 0 Å². The number of hydrogen-bond donors (Lipinski definition) is 2. The molecule has 0 unspecified atom stereocenters. The zero-order chi connectivity index (χ0) is 14.1. The number of benzene rings is 1.